The number of fused-ring (bicyclic) bond motifs is 1. The van der Waals surface area contributed by atoms with E-state index in [4.69, 9.17) is 0 Å². The Morgan fingerprint density at radius 3 is 2.95 bits per heavy atom. The molecule has 110 valence electrons. The van der Waals surface area contributed by atoms with E-state index in [0.29, 0.717) is 18.4 Å². The Bertz CT molecular complexity index is 607. The highest BCUT2D eigenvalue weighted by atomic mass is 32.2. The molecule has 3 unspecified atom stereocenters. The van der Waals surface area contributed by atoms with Crippen molar-refractivity contribution in [1.82, 2.24) is 14.6 Å². The zero-order chi connectivity index (χ0) is 14.3. The van der Waals surface area contributed by atoms with Gasteiger partial charge in [0.25, 0.3) is 0 Å². The fourth-order valence-corrected chi connectivity index (χ4v) is 5.21. The van der Waals surface area contributed by atoms with Crippen LogP contribution in [-0.2, 0) is 10.0 Å². The first-order valence-corrected chi connectivity index (χ1v) is 8.31. The molecule has 2 aliphatic rings. The number of sulfonamides is 1. The van der Waals surface area contributed by atoms with Gasteiger partial charge in [0.1, 0.15) is 10.7 Å². The van der Waals surface area contributed by atoms with Crippen molar-refractivity contribution in [3.8, 4) is 0 Å². The third kappa shape index (κ3) is 2.13. The molecule has 3 atom stereocenters. The van der Waals surface area contributed by atoms with E-state index in [-0.39, 0.29) is 10.9 Å². The summed E-state index contributed by atoms with van der Waals surface area (Å²) in [6.45, 7) is 4.22. The number of halogens is 1. The van der Waals surface area contributed by atoms with Crippen molar-refractivity contribution in [3.63, 3.8) is 0 Å². The van der Waals surface area contributed by atoms with E-state index in [9.17, 15) is 12.8 Å². The third-order valence-corrected chi connectivity index (χ3v) is 6.23. The van der Waals surface area contributed by atoms with Gasteiger partial charge < -0.3 is 5.32 Å². The molecule has 0 radical (unpaired) electrons. The molecule has 2 saturated heterocycles. The normalized spacial score (nSPS) is 30.6. The second kappa shape index (κ2) is 5.05. The molecule has 2 fully saturated rings. The van der Waals surface area contributed by atoms with Crippen LogP contribution in [0.3, 0.4) is 0 Å². The summed E-state index contributed by atoms with van der Waals surface area (Å²) >= 11 is 0. The maximum Gasteiger partial charge on any atom is 0.244 e. The number of aromatic nitrogens is 1. The van der Waals surface area contributed by atoms with Gasteiger partial charge in [-0.05, 0) is 37.4 Å². The van der Waals surface area contributed by atoms with Crippen molar-refractivity contribution in [2.45, 2.75) is 24.3 Å². The van der Waals surface area contributed by atoms with Crippen LogP contribution in [-0.4, -0.2) is 43.4 Å². The number of hydrogen-bond acceptors (Lipinski definition) is 4. The first-order chi connectivity index (χ1) is 9.54. The zero-order valence-corrected chi connectivity index (χ0v) is 12.1. The molecule has 0 aromatic carbocycles. The summed E-state index contributed by atoms with van der Waals surface area (Å²) in [5, 5.41) is 3.32. The largest absolute Gasteiger partial charge is 0.316 e. The van der Waals surface area contributed by atoms with Crippen LogP contribution in [0.15, 0.2) is 23.4 Å². The van der Waals surface area contributed by atoms with E-state index < -0.39 is 15.8 Å². The third-order valence-electron chi connectivity index (χ3n) is 4.38. The summed E-state index contributed by atoms with van der Waals surface area (Å²) in [6, 6.07) is 1.03. The molecule has 0 spiro atoms. The maximum absolute atomic E-state index is 13.2. The van der Waals surface area contributed by atoms with Crippen LogP contribution in [0.1, 0.15) is 13.3 Å². The highest BCUT2D eigenvalue weighted by Crippen LogP contribution is 2.37. The zero-order valence-electron chi connectivity index (χ0n) is 11.3. The van der Waals surface area contributed by atoms with Crippen molar-refractivity contribution in [1.29, 1.82) is 0 Å². The van der Waals surface area contributed by atoms with E-state index in [0.717, 1.165) is 31.8 Å². The van der Waals surface area contributed by atoms with Crippen LogP contribution in [0.2, 0.25) is 0 Å². The molecular formula is C13H18FN3O2S. The molecule has 1 aromatic rings. The molecule has 5 nitrogen and oxygen atoms in total. The van der Waals surface area contributed by atoms with Gasteiger partial charge in [-0.2, -0.15) is 4.31 Å². The standard InChI is InChI=1S/C13H18FN3O2S/c1-2-13-12-7-15-4-9(12)8-17(13)20(18,19)11-3-10(14)5-16-6-11/h3,5-6,9,12-13,15H,2,4,7-8H2,1H3. The average Bonchev–Trinajstić information content (AvgIpc) is 2.98. The summed E-state index contributed by atoms with van der Waals surface area (Å²) in [6.07, 6.45) is 3.00. The SMILES string of the molecule is CCC1C2CNCC2CN1S(=O)(=O)c1cncc(F)c1. The fourth-order valence-electron chi connectivity index (χ4n) is 3.44. The van der Waals surface area contributed by atoms with Crippen molar-refractivity contribution in [3.05, 3.63) is 24.3 Å². The van der Waals surface area contributed by atoms with Crippen LogP contribution >= 0.6 is 0 Å². The first-order valence-electron chi connectivity index (χ1n) is 6.87. The second-order valence-electron chi connectivity index (χ2n) is 5.47. The number of rotatable bonds is 3. The molecule has 3 rings (SSSR count). The van der Waals surface area contributed by atoms with Gasteiger partial charge in [0, 0.05) is 18.8 Å². The summed E-state index contributed by atoms with van der Waals surface area (Å²) in [5.41, 5.74) is 0. The molecule has 1 N–H and O–H groups in total. The van der Waals surface area contributed by atoms with Gasteiger partial charge in [-0.1, -0.05) is 6.92 Å². The summed E-state index contributed by atoms with van der Waals surface area (Å²) in [7, 11) is -3.66. The van der Waals surface area contributed by atoms with E-state index >= 15 is 0 Å². The van der Waals surface area contributed by atoms with Crippen LogP contribution < -0.4 is 5.32 Å². The van der Waals surface area contributed by atoms with E-state index in [2.05, 4.69) is 10.3 Å². The van der Waals surface area contributed by atoms with E-state index in [1.807, 2.05) is 6.92 Å². The van der Waals surface area contributed by atoms with Crippen molar-refractivity contribution in [2.75, 3.05) is 19.6 Å². The maximum atomic E-state index is 13.2. The summed E-state index contributed by atoms with van der Waals surface area (Å²) in [5.74, 6) is 0.0905. The highest BCUT2D eigenvalue weighted by molar-refractivity contribution is 7.89. The van der Waals surface area contributed by atoms with Gasteiger partial charge in [0.05, 0.1) is 6.20 Å². The molecule has 0 bridgehead atoms. The molecule has 0 saturated carbocycles. The number of nitrogens with zero attached hydrogens (tertiary/aromatic N) is 2. The van der Waals surface area contributed by atoms with Gasteiger partial charge in [-0.15, -0.1) is 0 Å². The predicted molar refractivity (Wildman–Crippen MR) is 72.0 cm³/mol. The van der Waals surface area contributed by atoms with Gasteiger partial charge in [0.2, 0.25) is 10.0 Å². The van der Waals surface area contributed by atoms with Crippen molar-refractivity contribution >= 4 is 10.0 Å². The van der Waals surface area contributed by atoms with Crippen molar-refractivity contribution < 1.29 is 12.8 Å². The van der Waals surface area contributed by atoms with Crippen LogP contribution in [0.5, 0.6) is 0 Å². The molecule has 20 heavy (non-hydrogen) atoms. The average molecular weight is 299 g/mol. The number of nitrogens with one attached hydrogen (secondary N) is 1. The Morgan fingerprint density at radius 1 is 1.45 bits per heavy atom. The minimum Gasteiger partial charge on any atom is -0.316 e. The lowest BCUT2D eigenvalue weighted by atomic mass is 9.93. The highest BCUT2D eigenvalue weighted by Gasteiger charge is 2.48. The molecule has 3 heterocycles. The van der Waals surface area contributed by atoms with Gasteiger partial charge in [-0.25, -0.2) is 12.8 Å². The summed E-state index contributed by atoms with van der Waals surface area (Å²) < 4.78 is 40.2. The minimum atomic E-state index is -3.66. The monoisotopic (exact) mass is 299 g/mol. The van der Waals surface area contributed by atoms with Crippen LogP contribution in [0, 0.1) is 17.7 Å². The Labute approximate surface area is 118 Å². The van der Waals surface area contributed by atoms with Crippen LogP contribution in [0.4, 0.5) is 4.39 Å². The number of pyridine rings is 1. The fraction of sp³-hybridized carbons (Fsp3) is 0.615. The molecule has 2 aliphatic heterocycles. The van der Waals surface area contributed by atoms with E-state index in [1.54, 1.807) is 4.31 Å². The quantitative estimate of drug-likeness (QED) is 0.898. The van der Waals surface area contributed by atoms with Gasteiger partial charge in [0.15, 0.2) is 0 Å². The number of hydrogen-bond donors (Lipinski definition) is 1. The molecule has 1 aromatic heterocycles. The minimum absolute atomic E-state index is 0.0109. The van der Waals surface area contributed by atoms with Crippen LogP contribution in [0.25, 0.3) is 0 Å². The molecule has 0 aliphatic carbocycles. The topological polar surface area (TPSA) is 62.3 Å². The second-order valence-corrected chi connectivity index (χ2v) is 7.36. The lowest BCUT2D eigenvalue weighted by Crippen LogP contribution is -2.39. The smallest absolute Gasteiger partial charge is 0.244 e. The summed E-state index contributed by atoms with van der Waals surface area (Å²) in [4.78, 5) is 3.60. The lowest BCUT2D eigenvalue weighted by molar-refractivity contribution is 0.328. The molecule has 7 heteroatoms. The van der Waals surface area contributed by atoms with Gasteiger partial charge in [-0.3, -0.25) is 4.98 Å². The van der Waals surface area contributed by atoms with E-state index in [1.165, 1.54) is 6.20 Å². The first kappa shape index (κ1) is 13.9. The van der Waals surface area contributed by atoms with Crippen molar-refractivity contribution in [2.24, 2.45) is 11.8 Å². The molecular weight excluding hydrogens is 281 g/mol. The van der Waals surface area contributed by atoms with Gasteiger partial charge >= 0.3 is 0 Å². The predicted octanol–water partition coefficient (Wildman–Crippen LogP) is 0.839. The Morgan fingerprint density at radius 2 is 2.25 bits per heavy atom. The Kier molecular flexibility index (Phi) is 3.51. The molecule has 0 amide bonds. The lowest BCUT2D eigenvalue weighted by Gasteiger charge is -2.26. The Hall–Kier alpha value is -1.05. The Balaban J connectivity index is 1.95.